The first-order valence-electron chi connectivity index (χ1n) is 6.78. The molecular weight excluding hydrogens is 242 g/mol. The van der Waals surface area contributed by atoms with Crippen LogP contribution >= 0.6 is 0 Å². The summed E-state index contributed by atoms with van der Waals surface area (Å²) in [5.74, 6) is 7.48. The Balaban J connectivity index is 1.84. The number of nitrogens with one attached hydrogen (secondary N) is 2. The van der Waals surface area contributed by atoms with Gasteiger partial charge in [-0.3, -0.25) is 0 Å². The lowest BCUT2D eigenvalue weighted by Gasteiger charge is -2.31. The molecule has 2 rings (SSSR count). The van der Waals surface area contributed by atoms with Crippen LogP contribution in [-0.4, -0.2) is 41.0 Å². The van der Waals surface area contributed by atoms with Crippen LogP contribution in [0.25, 0.3) is 0 Å². The van der Waals surface area contributed by atoms with Crippen molar-refractivity contribution in [2.24, 2.45) is 11.8 Å². The highest BCUT2D eigenvalue weighted by Gasteiger charge is 2.17. The predicted octanol–water partition coefficient (Wildman–Crippen LogP) is 0.488. The fourth-order valence-corrected chi connectivity index (χ4v) is 2.39. The molecular formula is C12H23N7. The first-order chi connectivity index (χ1) is 9.21. The zero-order valence-corrected chi connectivity index (χ0v) is 11.4. The molecule has 0 bridgehead atoms. The lowest BCUT2D eigenvalue weighted by atomic mass is 9.97. The van der Waals surface area contributed by atoms with Gasteiger partial charge in [0.15, 0.2) is 0 Å². The molecule has 0 aliphatic carbocycles. The van der Waals surface area contributed by atoms with Crippen molar-refractivity contribution < 1.29 is 0 Å². The van der Waals surface area contributed by atoms with E-state index in [4.69, 9.17) is 11.6 Å². The summed E-state index contributed by atoms with van der Waals surface area (Å²) in [6, 6.07) is 1.76. The number of nitrogens with two attached hydrogens (primary N) is 2. The largest absolute Gasteiger partial charge is 0.370 e. The normalized spacial score (nSPS) is 17.4. The van der Waals surface area contributed by atoms with Crippen LogP contribution in [0.1, 0.15) is 19.8 Å². The Bertz CT molecular complexity index is 401. The second kappa shape index (κ2) is 6.53. The number of nitrogens with zero attached hydrogens (tertiary/aromatic N) is 3. The minimum Gasteiger partial charge on any atom is -0.370 e. The summed E-state index contributed by atoms with van der Waals surface area (Å²) in [5, 5.41) is 3.32. The summed E-state index contributed by atoms with van der Waals surface area (Å²) in [6.45, 7) is 6.64. The van der Waals surface area contributed by atoms with Gasteiger partial charge in [0.2, 0.25) is 5.95 Å². The third-order valence-electron chi connectivity index (χ3n) is 3.62. The number of likely N-dealkylation sites (tertiary alicyclic amines) is 1. The van der Waals surface area contributed by atoms with Gasteiger partial charge in [-0.05, 0) is 38.4 Å². The van der Waals surface area contributed by atoms with E-state index in [1.54, 1.807) is 6.07 Å². The monoisotopic (exact) mass is 265 g/mol. The SMILES string of the molecule is CCN1CCC(CNc2cc(NN)nc(N)n2)CC1. The van der Waals surface area contributed by atoms with Gasteiger partial charge in [0.05, 0.1) is 0 Å². The van der Waals surface area contributed by atoms with Gasteiger partial charge in [0.25, 0.3) is 0 Å². The van der Waals surface area contributed by atoms with E-state index in [0.29, 0.717) is 11.7 Å². The van der Waals surface area contributed by atoms with Crippen molar-refractivity contribution in [1.29, 1.82) is 0 Å². The smallest absolute Gasteiger partial charge is 0.223 e. The number of nitrogen functional groups attached to an aromatic ring is 2. The minimum absolute atomic E-state index is 0.221. The summed E-state index contributed by atoms with van der Waals surface area (Å²) in [6.07, 6.45) is 2.45. The lowest BCUT2D eigenvalue weighted by Crippen LogP contribution is -2.35. The summed E-state index contributed by atoms with van der Waals surface area (Å²) < 4.78 is 0. The van der Waals surface area contributed by atoms with Gasteiger partial charge in [-0.1, -0.05) is 6.92 Å². The van der Waals surface area contributed by atoms with Crippen LogP contribution in [0.4, 0.5) is 17.6 Å². The van der Waals surface area contributed by atoms with Crippen molar-refractivity contribution in [1.82, 2.24) is 14.9 Å². The van der Waals surface area contributed by atoms with E-state index in [-0.39, 0.29) is 5.95 Å². The summed E-state index contributed by atoms with van der Waals surface area (Å²) >= 11 is 0. The van der Waals surface area contributed by atoms with E-state index >= 15 is 0 Å². The number of aromatic nitrogens is 2. The molecule has 0 amide bonds. The number of hydrogen-bond acceptors (Lipinski definition) is 7. The maximum Gasteiger partial charge on any atom is 0.223 e. The average Bonchev–Trinajstić information content (AvgIpc) is 2.45. The number of anilines is 3. The van der Waals surface area contributed by atoms with Gasteiger partial charge in [-0.25, -0.2) is 5.84 Å². The molecule has 2 heterocycles. The van der Waals surface area contributed by atoms with E-state index in [1.807, 2.05) is 0 Å². The van der Waals surface area contributed by atoms with Crippen molar-refractivity contribution in [3.05, 3.63) is 6.07 Å². The summed E-state index contributed by atoms with van der Waals surface area (Å²) in [5.41, 5.74) is 8.10. The van der Waals surface area contributed by atoms with Gasteiger partial charge in [-0.15, -0.1) is 0 Å². The Morgan fingerprint density at radius 2 is 2.00 bits per heavy atom. The van der Waals surface area contributed by atoms with Crippen LogP contribution in [0.15, 0.2) is 6.07 Å². The zero-order valence-electron chi connectivity index (χ0n) is 11.4. The fourth-order valence-electron chi connectivity index (χ4n) is 2.39. The Hall–Kier alpha value is -1.60. The second-order valence-corrected chi connectivity index (χ2v) is 4.90. The molecule has 1 aromatic heterocycles. The molecule has 7 heteroatoms. The third kappa shape index (κ3) is 3.93. The molecule has 0 atom stereocenters. The number of rotatable bonds is 5. The molecule has 6 N–H and O–H groups in total. The highest BCUT2D eigenvalue weighted by Crippen LogP contribution is 2.18. The third-order valence-corrected chi connectivity index (χ3v) is 3.62. The van der Waals surface area contributed by atoms with Crippen LogP contribution in [-0.2, 0) is 0 Å². The fraction of sp³-hybridized carbons (Fsp3) is 0.667. The van der Waals surface area contributed by atoms with E-state index in [1.165, 1.54) is 25.9 Å². The van der Waals surface area contributed by atoms with Crippen molar-refractivity contribution in [2.45, 2.75) is 19.8 Å². The Kier molecular flexibility index (Phi) is 4.75. The summed E-state index contributed by atoms with van der Waals surface area (Å²) in [7, 11) is 0. The highest BCUT2D eigenvalue weighted by molar-refractivity contribution is 5.50. The van der Waals surface area contributed by atoms with Crippen molar-refractivity contribution in [3.63, 3.8) is 0 Å². The van der Waals surface area contributed by atoms with Crippen LogP contribution < -0.4 is 22.3 Å². The minimum atomic E-state index is 0.221. The van der Waals surface area contributed by atoms with Crippen LogP contribution in [0.5, 0.6) is 0 Å². The molecule has 0 aromatic carbocycles. The molecule has 0 saturated carbocycles. The molecule has 19 heavy (non-hydrogen) atoms. The predicted molar refractivity (Wildman–Crippen MR) is 77.6 cm³/mol. The van der Waals surface area contributed by atoms with Gasteiger partial charge in [-0.2, -0.15) is 9.97 Å². The van der Waals surface area contributed by atoms with Crippen LogP contribution in [0.3, 0.4) is 0 Å². The van der Waals surface area contributed by atoms with Gasteiger partial charge in [0.1, 0.15) is 11.6 Å². The Morgan fingerprint density at radius 3 is 2.63 bits per heavy atom. The standard InChI is InChI=1S/C12H23N7/c1-2-19-5-3-9(4-6-19)8-15-10-7-11(18-14)17-12(13)16-10/h7,9H,2-6,8,14H2,1H3,(H4,13,15,16,17,18). The van der Waals surface area contributed by atoms with Gasteiger partial charge in [0, 0.05) is 12.6 Å². The second-order valence-electron chi connectivity index (χ2n) is 4.90. The molecule has 0 spiro atoms. The highest BCUT2D eigenvalue weighted by atomic mass is 15.3. The Morgan fingerprint density at radius 1 is 1.32 bits per heavy atom. The van der Waals surface area contributed by atoms with E-state index < -0.39 is 0 Å². The molecule has 1 fully saturated rings. The first kappa shape index (κ1) is 13.8. The average molecular weight is 265 g/mol. The molecule has 7 nitrogen and oxygen atoms in total. The van der Waals surface area contributed by atoms with Crippen molar-refractivity contribution in [3.8, 4) is 0 Å². The molecule has 1 saturated heterocycles. The van der Waals surface area contributed by atoms with E-state index in [0.717, 1.165) is 18.9 Å². The van der Waals surface area contributed by atoms with Crippen LogP contribution in [0.2, 0.25) is 0 Å². The van der Waals surface area contributed by atoms with E-state index in [9.17, 15) is 0 Å². The number of hydrogen-bond donors (Lipinski definition) is 4. The topological polar surface area (TPSA) is 105 Å². The first-order valence-corrected chi connectivity index (χ1v) is 6.78. The molecule has 1 aliphatic heterocycles. The molecule has 1 aromatic rings. The lowest BCUT2D eigenvalue weighted by molar-refractivity contribution is 0.198. The maximum absolute atomic E-state index is 5.62. The van der Waals surface area contributed by atoms with Crippen molar-refractivity contribution >= 4 is 17.6 Å². The van der Waals surface area contributed by atoms with Crippen molar-refractivity contribution in [2.75, 3.05) is 42.7 Å². The number of hydrazine groups is 1. The molecule has 106 valence electrons. The van der Waals surface area contributed by atoms with E-state index in [2.05, 4.69) is 32.5 Å². The van der Waals surface area contributed by atoms with Gasteiger partial charge < -0.3 is 21.4 Å². The summed E-state index contributed by atoms with van der Waals surface area (Å²) in [4.78, 5) is 10.6. The van der Waals surface area contributed by atoms with Gasteiger partial charge >= 0.3 is 0 Å². The van der Waals surface area contributed by atoms with Crippen LogP contribution in [0, 0.1) is 5.92 Å². The zero-order chi connectivity index (χ0) is 13.7. The molecule has 0 unspecified atom stereocenters. The molecule has 1 aliphatic rings. The molecule has 0 radical (unpaired) electrons. The number of piperidine rings is 1. The Labute approximate surface area is 113 Å². The quantitative estimate of drug-likeness (QED) is 0.453. The maximum atomic E-state index is 5.62.